The van der Waals surface area contributed by atoms with E-state index in [9.17, 15) is 4.79 Å². The van der Waals surface area contributed by atoms with Crippen LogP contribution in [0.4, 0.5) is 0 Å². The van der Waals surface area contributed by atoms with Gasteiger partial charge in [-0.1, -0.05) is 96.8 Å². The zero-order valence-corrected chi connectivity index (χ0v) is 15.8. The summed E-state index contributed by atoms with van der Waals surface area (Å²) in [6, 6.07) is 0. The van der Waals surface area contributed by atoms with Crippen LogP contribution in [0.3, 0.4) is 0 Å². The molecule has 0 aromatic carbocycles. The van der Waals surface area contributed by atoms with Gasteiger partial charge < -0.3 is 4.74 Å². The molecule has 3 nitrogen and oxygen atoms in total. The Hall–Kier alpha value is 0.690. The monoisotopic (exact) mass is 369 g/mol. The Morgan fingerprint density at radius 2 is 1.08 bits per heavy atom. The molecule has 0 aromatic rings. The van der Waals surface area contributed by atoms with Crippen molar-refractivity contribution < 1.29 is 9.53 Å². The van der Waals surface area contributed by atoms with Gasteiger partial charge in [-0.2, -0.15) is 0 Å². The maximum absolute atomic E-state index is 10.7. The first kappa shape index (κ1) is 26.9. The summed E-state index contributed by atoms with van der Waals surface area (Å²) in [5.41, 5.74) is 5.69. The van der Waals surface area contributed by atoms with Crippen molar-refractivity contribution in [2.24, 2.45) is 5.73 Å². The molecule has 1 atom stereocenters. The van der Waals surface area contributed by atoms with E-state index in [1.165, 1.54) is 96.8 Å². The van der Waals surface area contributed by atoms with Gasteiger partial charge in [0, 0.05) is 6.92 Å². The molecule has 0 saturated heterocycles. The first-order valence-electron chi connectivity index (χ1n) is 10.1. The van der Waals surface area contributed by atoms with Crippen molar-refractivity contribution in [2.45, 2.75) is 123 Å². The van der Waals surface area contributed by atoms with Crippen molar-refractivity contribution in [3.8, 4) is 0 Å². The summed E-state index contributed by atoms with van der Waals surface area (Å²) in [6.45, 7) is 3.68. The number of hydrogen-bond acceptors (Lipinski definition) is 3. The van der Waals surface area contributed by atoms with Crippen LogP contribution in [0.5, 0.6) is 0 Å². The Kier molecular flexibility index (Phi) is 24.4. The Balaban J connectivity index is 0. The van der Waals surface area contributed by atoms with Crippen LogP contribution in [0.2, 0.25) is 0 Å². The van der Waals surface area contributed by atoms with E-state index >= 15 is 0 Å². The topological polar surface area (TPSA) is 52.3 Å². The number of nitrogens with two attached hydrogens (primary N) is 1. The van der Waals surface area contributed by atoms with Gasteiger partial charge in [0.05, 0.1) is 0 Å². The van der Waals surface area contributed by atoms with E-state index < -0.39 is 6.23 Å². The van der Waals surface area contributed by atoms with Crippen LogP contribution in [0.25, 0.3) is 0 Å². The number of rotatable bonds is 17. The molecule has 0 fully saturated rings. The molecule has 142 valence electrons. The zero-order valence-electron chi connectivity index (χ0n) is 15.8. The van der Waals surface area contributed by atoms with Crippen molar-refractivity contribution in [1.29, 1.82) is 0 Å². The molecule has 0 aliphatic carbocycles. The zero-order chi connectivity index (χ0) is 17.2. The van der Waals surface area contributed by atoms with Crippen LogP contribution in [-0.4, -0.2) is 49.9 Å². The fourth-order valence-corrected chi connectivity index (χ4v) is 2.99. The molecule has 1 unspecified atom stereocenters. The standard InChI is InChI=1S/C20H41NO2.Ca.2H/c1-3-4-5-6-7-8-9-10-11-12-13-14-15-16-17-18-20(21)23-19(2)22;;;/h20H,3-18,21H2,1-2H3;;;. The molecule has 0 heterocycles. The molecule has 0 amide bonds. The normalized spacial score (nSPS) is 11.8. The van der Waals surface area contributed by atoms with Gasteiger partial charge in [-0.15, -0.1) is 0 Å². The molecule has 0 rings (SSSR count). The number of unbranched alkanes of at least 4 members (excludes halogenated alkanes) is 14. The maximum atomic E-state index is 10.7. The predicted molar refractivity (Wildman–Crippen MR) is 108 cm³/mol. The number of hydrogen-bond donors (Lipinski definition) is 1. The van der Waals surface area contributed by atoms with E-state index in [0.29, 0.717) is 0 Å². The van der Waals surface area contributed by atoms with Gasteiger partial charge in [-0.25, -0.2) is 0 Å². The van der Waals surface area contributed by atoms with Gasteiger partial charge in [0.1, 0.15) is 0 Å². The van der Waals surface area contributed by atoms with Crippen molar-refractivity contribution in [3.05, 3.63) is 0 Å². The van der Waals surface area contributed by atoms with E-state index in [0.717, 1.165) is 12.8 Å². The van der Waals surface area contributed by atoms with Crippen molar-refractivity contribution in [1.82, 2.24) is 0 Å². The van der Waals surface area contributed by atoms with Gasteiger partial charge in [-0.05, 0) is 12.8 Å². The first-order chi connectivity index (χ1) is 11.2. The molecular formula is C20H43CaNO2. The molecule has 0 saturated carbocycles. The van der Waals surface area contributed by atoms with Crippen LogP contribution in [-0.2, 0) is 9.53 Å². The van der Waals surface area contributed by atoms with E-state index in [4.69, 9.17) is 10.5 Å². The Morgan fingerprint density at radius 3 is 1.42 bits per heavy atom. The Labute approximate surface area is 180 Å². The van der Waals surface area contributed by atoms with Crippen LogP contribution in [0.15, 0.2) is 0 Å². The second-order valence-electron chi connectivity index (χ2n) is 6.89. The summed E-state index contributed by atoms with van der Waals surface area (Å²) >= 11 is 0. The fourth-order valence-electron chi connectivity index (χ4n) is 2.99. The minimum absolute atomic E-state index is 0. The summed E-state index contributed by atoms with van der Waals surface area (Å²) in [5, 5.41) is 0. The fraction of sp³-hybridized carbons (Fsp3) is 0.950. The third-order valence-electron chi connectivity index (χ3n) is 4.41. The molecule has 4 heteroatoms. The van der Waals surface area contributed by atoms with Crippen molar-refractivity contribution >= 4 is 43.7 Å². The second-order valence-corrected chi connectivity index (χ2v) is 6.89. The van der Waals surface area contributed by atoms with Gasteiger partial charge in [0.15, 0.2) is 6.23 Å². The molecule has 0 radical (unpaired) electrons. The molecule has 2 N–H and O–H groups in total. The Bertz CT molecular complexity index is 262. The molecule has 0 aliphatic heterocycles. The molecule has 0 spiro atoms. The van der Waals surface area contributed by atoms with E-state index in [1.54, 1.807) is 0 Å². The molecule has 0 bridgehead atoms. The summed E-state index contributed by atoms with van der Waals surface area (Å²) in [7, 11) is 0. The van der Waals surface area contributed by atoms with E-state index in [2.05, 4.69) is 6.92 Å². The van der Waals surface area contributed by atoms with Crippen LogP contribution in [0.1, 0.15) is 117 Å². The third kappa shape index (κ3) is 22.7. The first-order valence-corrected chi connectivity index (χ1v) is 10.1. The van der Waals surface area contributed by atoms with Gasteiger partial charge in [-0.3, -0.25) is 10.5 Å². The summed E-state index contributed by atoms with van der Waals surface area (Å²) in [5.74, 6) is -0.279. The number of carbonyl (C=O) groups is 1. The Morgan fingerprint density at radius 1 is 0.750 bits per heavy atom. The number of ether oxygens (including phenoxy) is 1. The van der Waals surface area contributed by atoms with Crippen LogP contribution >= 0.6 is 0 Å². The minimum atomic E-state index is -0.408. The summed E-state index contributed by atoms with van der Waals surface area (Å²) in [4.78, 5) is 10.7. The summed E-state index contributed by atoms with van der Waals surface area (Å²) in [6.07, 6.45) is 20.8. The molecule has 0 aromatic heterocycles. The molecule has 24 heavy (non-hydrogen) atoms. The van der Waals surface area contributed by atoms with E-state index in [-0.39, 0.29) is 43.7 Å². The SMILES string of the molecule is CCCCCCCCCCCCCCCCCC(N)OC(C)=O.[CaH2]. The predicted octanol–water partition coefficient (Wildman–Crippen LogP) is 5.18. The summed E-state index contributed by atoms with van der Waals surface area (Å²) < 4.78 is 4.91. The quantitative estimate of drug-likeness (QED) is 0.166. The van der Waals surface area contributed by atoms with Crippen LogP contribution < -0.4 is 5.73 Å². The van der Waals surface area contributed by atoms with Gasteiger partial charge in [0.25, 0.3) is 0 Å². The average Bonchev–Trinajstić information content (AvgIpc) is 2.50. The van der Waals surface area contributed by atoms with E-state index in [1.807, 2.05) is 0 Å². The van der Waals surface area contributed by atoms with Crippen molar-refractivity contribution in [2.75, 3.05) is 0 Å². The number of carbonyl (C=O) groups excluding carboxylic acids is 1. The van der Waals surface area contributed by atoms with Crippen LogP contribution in [0, 0.1) is 0 Å². The second kappa shape index (κ2) is 21.7. The average molecular weight is 370 g/mol. The van der Waals surface area contributed by atoms with Gasteiger partial charge in [0.2, 0.25) is 0 Å². The third-order valence-corrected chi connectivity index (χ3v) is 4.41. The van der Waals surface area contributed by atoms with Crippen molar-refractivity contribution in [3.63, 3.8) is 0 Å². The van der Waals surface area contributed by atoms with Gasteiger partial charge >= 0.3 is 43.7 Å². The number of esters is 1. The molecular weight excluding hydrogens is 326 g/mol. The molecule has 0 aliphatic rings.